The monoisotopic (exact) mass is 234 g/mol. The van der Waals surface area contributed by atoms with Gasteiger partial charge in [0.05, 0.1) is 18.8 Å². The zero-order chi connectivity index (χ0) is 11.1. The molecule has 90 valence electrons. The topological polar surface area (TPSA) is 36.9 Å². The van der Waals surface area contributed by atoms with Gasteiger partial charge >= 0.3 is 8.80 Å². The summed E-state index contributed by atoms with van der Waals surface area (Å²) < 4.78 is 22.5. The van der Waals surface area contributed by atoms with E-state index >= 15 is 0 Å². The Kier molecular flexibility index (Phi) is 5.77. The van der Waals surface area contributed by atoms with Crippen molar-refractivity contribution < 1.29 is 18.0 Å². The molecule has 1 aliphatic rings. The van der Waals surface area contributed by atoms with Gasteiger partial charge in [-0.3, -0.25) is 0 Å². The third-order valence-corrected chi connectivity index (χ3v) is 5.55. The highest BCUT2D eigenvalue weighted by Gasteiger charge is 2.52. The lowest BCUT2D eigenvalue weighted by Crippen LogP contribution is -2.56. The number of ether oxygens (including phenoxy) is 1. The third kappa shape index (κ3) is 3.25. The average molecular weight is 234 g/mol. The van der Waals surface area contributed by atoms with E-state index in [9.17, 15) is 0 Å². The summed E-state index contributed by atoms with van der Waals surface area (Å²) in [4.78, 5) is 0. The van der Waals surface area contributed by atoms with Crippen LogP contribution in [0.15, 0.2) is 0 Å². The first-order chi connectivity index (χ1) is 7.29. The van der Waals surface area contributed by atoms with E-state index in [0.717, 1.165) is 12.8 Å². The highest BCUT2D eigenvalue weighted by molar-refractivity contribution is 6.62. The molecule has 0 bridgehead atoms. The summed E-state index contributed by atoms with van der Waals surface area (Å²) in [6.07, 6.45) is 1.97. The molecule has 4 nitrogen and oxygen atoms in total. The van der Waals surface area contributed by atoms with Crippen molar-refractivity contribution in [1.29, 1.82) is 0 Å². The van der Waals surface area contributed by atoms with Crippen molar-refractivity contribution >= 4 is 8.80 Å². The Morgan fingerprint density at radius 2 is 1.67 bits per heavy atom. The number of rotatable bonds is 8. The van der Waals surface area contributed by atoms with E-state index in [0.29, 0.717) is 32.0 Å². The lowest BCUT2D eigenvalue weighted by Gasteiger charge is -2.39. The van der Waals surface area contributed by atoms with Crippen LogP contribution in [-0.2, 0) is 18.0 Å². The van der Waals surface area contributed by atoms with Gasteiger partial charge in [-0.05, 0) is 12.8 Å². The van der Waals surface area contributed by atoms with Crippen LogP contribution in [0.4, 0.5) is 0 Å². The second-order valence-corrected chi connectivity index (χ2v) is 6.75. The fourth-order valence-electron chi connectivity index (χ4n) is 1.49. The minimum atomic E-state index is -2.45. The van der Waals surface area contributed by atoms with Crippen molar-refractivity contribution in [3.05, 3.63) is 0 Å². The lowest BCUT2D eigenvalue weighted by atomic mass is 10.4. The van der Waals surface area contributed by atoms with Crippen molar-refractivity contribution in [3.8, 4) is 0 Å². The molecular weight excluding hydrogens is 212 g/mol. The van der Waals surface area contributed by atoms with Gasteiger partial charge in [0.25, 0.3) is 0 Å². The summed E-state index contributed by atoms with van der Waals surface area (Å²) >= 11 is 0. The summed E-state index contributed by atoms with van der Waals surface area (Å²) in [5.41, 5.74) is 0.334. The van der Waals surface area contributed by atoms with Crippen LogP contribution in [0.2, 0.25) is 5.54 Å². The fourth-order valence-corrected chi connectivity index (χ4v) is 4.24. The van der Waals surface area contributed by atoms with Gasteiger partial charge in [0.2, 0.25) is 0 Å². The standard InChI is InChI=1S/C10H22O4Si/c1-4-6-13-15(11-3,14-7-5-2)10-8-12-9-10/h10H,4-9H2,1-3H3. The predicted octanol–water partition coefficient (Wildman–Crippen LogP) is 1.83. The van der Waals surface area contributed by atoms with Crippen molar-refractivity contribution in [2.24, 2.45) is 0 Å². The Hall–Kier alpha value is 0.0569. The average Bonchev–Trinajstić information content (AvgIpc) is 2.19. The molecule has 1 heterocycles. The Bertz CT molecular complexity index is 165. The van der Waals surface area contributed by atoms with E-state index in [2.05, 4.69) is 13.8 Å². The van der Waals surface area contributed by atoms with Gasteiger partial charge in [0.15, 0.2) is 0 Å². The van der Waals surface area contributed by atoms with Crippen LogP contribution in [0.5, 0.6) is 0 Å². The van der Waals surface area contributed by atoms with Crippen molar-refractivity contribution in [1.82, 2.24) is 0 Å². The van der Waals surface area contributed by atoms with Crippen LogP contribution in [0, 0.1) is 0 Å². The molecule has 1 rings (SSSR count). The molecule has 1 fully saturated rings. The van der Waals surface area contributed by atoms with Crippen LogP contribution in [-0.4, -0.2) is 42.3 Å². The Balaban J connectivity index is 2.52. The summed E-state index contributed by atoms with van der Waals surface area (Å²) in [5, 5.41) is 0. The minimum absolute atomic E-state index is 0.334. The molecule has 0 unspecified atom stereocenters. The quantitative estimate of drug-likeness (QED) is 0.600. The van der Waals surface area contributed by atoms with E-state index in [1.807, 2.05) is 0 Å². The summed E-state index contributed by atoms with van der Waals surface area (Å²) in [6, 6.07) is 0. The SMILES string of the molecule is CCCO[Si](OC)(OCCC)C1COC1. The molecular formula is C10H22O4Si. The zero-order valence-electron chi connectivity index (χ0n) is 9.95. The predicted molar refractivity (Wildman–Crippen MR) is 59.8 cm³/mol. The summed E-state index contributed by atoms with van der Waals surface area (Å²) in [5.74, 6) is 0. The molecule has 15 heavy (non-hydrogen) atoms. The lowest BCUT2D eigenvalue weighted by molar-refractivity contribution is -0.0238. The first kappa shape index (κ1) is 13.1. The van der Waals surface area contributed by atoms with E-state index in [4.69, 9.17) is 18.0 Å². The van der Waals surface area contributed by atoms with Gasteiger partial charge in [0.1, 0.15) is 0 Å². The van der Waals surface area contributed by atoms with E-state index in [-0.39, 0.29) is 0 Å². The first-order valence-corrected chi connectivity index (χ1v) is 7.50. The van der Waals surface area contributed by atoms with Crippen LogP contribution >= 0.6 is 0 Å². The number of hydrogen-bond donors (Lipinski definition) is 0. The van der Waals surface area contributed by atoms with E-state index < -0.39 is 8.80 Å². The molecule has 0 aliphatic carbocycles. The van der Waals surface area contributed by atoms with E-state index in [1.54, 1.807) is 7.11 Å². The van der Waals surface area contributed by atoms with Crippen LogP contribution in [0.1, 0.15) is 26.7 Å². The molecule has 1 aliphatic heterocycles. The second-order valence-electron chi connectivity index (χ2n) is 3.74. The molecule has 0 N–H and O–H groups in total. The minimum Gasteiger partial charge on any atom is -0.381 e. The van der Waals surface area contributed by atoms with Crippen molar-refractivity contribution in [3.63, 3.8) is 0 Å². The zero-order valence-corrected chi connectivity index (χ0v) is 11.0. The Morgan fingerprint density at radius 3 is 1.93 bits per heavy atom. The number of hydrogen-bond acceptors (Lipinski definition) is 4. The molecule has 0 atom stereocenters. The largest absolute Gasteiger partial charge is 0.508 e. The normalized spacial score (nSPS) is 17.8. The van der Waals surface area contributed by atoms with Gasteiger partial charge in [-0.25, -0.2) is 0 Å². The van der Waals surface area contributed by atoms with Crippen LogP contribution in [0.3, 0.4) is 0 Å². The molecule has 0 amide bonds. The van der Waals surface area contributed by atoms with Gasteiger partial charge in [-0.2, -0.15) is 0 Å². The first-order valence-electron chi connectivity index (χ1n) is 5.69. The molecule has 0 saturated carbocycles. The smallest absolute Gasteiger partial charge is 0.381 e. The maximum atomic E-state index is 5.85. The van der Waals surface area contributed by atoms with Gasteiger partial charge in [-0.1, -0.05) is 13.8 Å². The van der Waals surface area contributed by atoms with Crippen molar-refractivity contribution in [2.45, 2.75) is 32.2 Å². The molecule has 0 spiro atoms. The van der Waals surface area contributed by atoms with Gasteiger partial charge < -0.3 is 18.0 Å². The van der Waals surface area contributed by atoms with Gasteiger partial charge in [-0.15, -0.1) is 0 Å². The maximum absolute atomic E-state index is 5.85. The van der Waals surface area contributed by atoms with Crippen molar-refractivity contribution in [2.75, 3.05) is 33.5 Å². The highest BCUT2D eigenvalue weighted by atomic mass is 28.4. The van der Waals surface area contributed by atoms with E-state index in [1.165, 1.54) is 0 Å². The van der Waals surface area contributed by atoms with Crippen LogP contribution < -0.4 is 0 Å². The molecule has 0 radical (unpaired) electrons. The molecule has 0 aromatic rings. The summed E-state index contributed by atoms with van der Waals surface area (Å²) in [7, 11) is -0.763. The molecule has 0 aromatic carbocycles. The van der Waals surface area contributed by atoms with Crippen LogP contribution in [0.25, 0.3) is 0 Å². The Morgan fingerprint density at radius 1 is 1.13 bits per heavy atom. The van der Waals surface area contributed by atoms with Gasteiger partial charge in [0, 0.05) is 20.3 Å². The molecule has 0 aromatic heterocycles. The molecule has 1 saturated heterocycles. The second kappa shape index (κ2) is 6.60. The third-order valence-electron chi connectivity index (χ3n) is 2.44. The maximum Gasteiger partial charge on any atom is 0.508 e. The molecule has 5 heteroatoms. The highest BCUT2D eigenvalue weighted by Crippen LogP contribution is 2.32. The Labute approximate surface area is 93.2 Å². The summed E-state index contributed by atoms with van der Waals surface area (Å²) in [6.45, 7) is 7.03. The fraction of sp³-hybridized carbons (Fsp3) is 1.00.